The van der Waals surface area contributed by atoms with E-state index in [2.05, 4.69) is 16.3 Å². The molecule has 0 fully saturated rings. The topological polar surface area (TPSA) is 20.3 Å². The van der Waals surface area contributed by atoms with Crippen molar-refractivity contribution < 1.29 is 9.18 Å². The molecule has 0 aliphatic heterocycles. The fraction of sp³-hybridized carbons (Fsp3) is 0.353. The summed E-state index contributed by atoms with van der Waals surface area (Å²) in [5.41, 5.74) is 0.191. The molecular weight excluding hydrogens is 285 g/mol. The summed E-state index contributed by atoms with van der Waals surface area (Å²) in [6.45, 7) is 3.39. The standard InChI is InChI=1S/C17H20FNOS/c1-13(17(20)15-7-3-4-8-16(15)18)12-19(2)10-9-14-6-5-11-21-14/h3-8,11,13H,9-10,12H2,1-2H3. The van der Waals surface area contributed by atoms with E-state index >= 15 is 0 Å². The Morgan fingerprint density at radius 2 is 2.05 bits per heavy atom. The van der Waals surface area contributed by atoms with Crippen LogP contribution in [-0.2, 0) is 6.42 Å². The summed E-state index contributed by atoms with van der Waals surface area (Å²) in [6, 6.07) is 10.4. The molecule has 21 heavy (non-hydrogen) atoms. The van der Waals surface area contributed by atoms with E-state index in [1.807, 2.05) is 20.0 Å². The number of Topliss-reactive ketones (excluding diaryl/α,β-unsaturated/α-hetero) is 1. The van der Waals surface area contributed by atoms with Gasteiger partial charge in [0.15, 0.2) is 5.78 Å². The number of halogens is 1. The number of likely N-dealkylation sites (N-methyl/N-ethyl adjacent to an activating group) is 1. The third-order valence-electron chi connectivity index (χ3n) is 3.49. The van der Waals surface area contributed by atoms with Gasteiger partial charge in [0.05, 0.1) is 5.56 Å². The molecule has 4 heteroatoms. The summed E-state index contributed by atoms with van der Waals surface area (Å²) < 4.78 is 13.6. The van der Waals surface area contributed by atoms with Crippen molar-refractivity contribution in [1.29, 1.82) is 0 Å². The summed E-state index contributed by atoms with van der Waals surface area (Å²) in [4.78, 5) is 15.7. The van der Waals surface area contributed by atoms with Crippen molar-refractivity contribution in [2.24, 2.45) is 5.92 Å². The first-order valence-electron chi connectivity index (χ1n) is 7.07. The van der Waals surface area contributed by atoms with Crippen LogP contribution in [0.3, 0.4) is 0 Å². The Kier molecular flexibility index (Phi) is 5.65. The minimum Gasteiger partial charge on any atom is -0.305 e. The van der Waals surface area contributed by atoms with Crippen molar-refractivity contribution >= 4 is 17.1 Å². The number of carbonyl (C=O) groups excluding carboxylic acids is 1. The van der Waals surface area contributed by atoms with Crippen LogP contribution < -0.4 is 0 Å². The van der Waals surface area contributed by atoms with Crippen LogP contribution in [0.4, 0.5) is 4.39 Å². The van der Waals surface area contributed by atoms with Gasteiger partial charge < -0.3 is 4.90 Å². The lowest BCUT2D eigenvalue weighted by atomic mass is 9.98. The molecule has 1 heterocycles. The van der Waals surface area contributed by atoms with Gasteiger partial charge >= 0.3 is 0 Å². The lowest BCUT2D eigenvalue weighted by Crippen LogP contribution is -2.30. The van der Waals surface area contributed by atoms with Crippen molar-refractivity contribution in [3.05, 3.63) is 58.0 Å². The molecule has 0 aliphatic carbocycles. The van der Waals surface area contributed by atoms with Gasteiger partial charge in [-0.15, -0.1) is 11.3 Å². The van der Waals surface area contributed by atoms with Crippen molar-refractivity contribution in [2.75, 3.05) is 20.1 Å². The van der Waals surface area contributed by atoms with Gasteiger partial charge in [0, 0.05) is 23.9 Å². The van der Waals surface area contributed by atoms with Gasteiger partial charge in [0.1, 0.15) is 5.82 Å². The number of rotatable bonds is 7. The van der Waals surface area contributed by atoms with Crippen LogP contribution in [0.1, 0.15) is 22.2 Å². The highest BCUT2D eigenvalue weighted by molar-refractivity contribution is 7.09. The highest BCUT2D eigenvalue weighted by atomic mass is 32.1. The molecule has 112 valence electrons. The Bertz CT molecular complexity index is 582. The van der Waals surface area contributed by atoms with Crippen molar-refractivity contribution in [3.63, 3.8) is 0 Å². The second-order valence-electron chi connectivity index (χ2n) is 5.34. The normalized spacial score (nSPS) is 12.6. The molecule has 0 spiro atoms. The smallest absolute Gasteiger partial charge is 0.169 e. The fourth-order valence-corrected chi connectivity index (χ4v) is 3.02. The van der Waals surface area contributed by atoms with Crippen LogP contribution in [0, 0.1) is 11.7 Å². The predicted octanol–water partition coefficient (Wildman–Crippen LogP) is 3.88. The van der Waals surface area contributed by atoms with Gasteiger partial charge in [-0.1, -0.05) is 25.1 Å². The number of hydrogen-bond donors (Lipinski definition) is 0. The zero-order valence-corrected chi connectivity index (χ0v) is 13.2. The molecule has 2 nitrogen and oxygen atoms in total. The molecule has 2 rings (SSSR count). The first-order valence-corrected chi connectivity index (χ1v) is 7.95. The van der Waals surface area contributed by atoms with Crippen molar-refractivity contribution in [2.45, 2.75) is 13.3 Å². The minimum absolute atomic E-state index is 0.129. The van der Waals surface area contributed by atoms with Crippen LogP contribution in [0.5, 0.6) is 0 Å². The summed E-state index contributed by atoms with van der Waals surface area (Å²) in [6.07, 6.45) is 0.981. The van der Waals surface area contributed by atoms with Crippen molar-refractivity contribution in [1.82, 2.24) is 4.90 Å². The van der Waals surface area contributed by atoms with Crippen LogP contribution in [-0.4, -0.2) is 30.8 Å². The van der Waals surface area contributed by atoms with Gasteiger partial charge in [-0.05, 0) is 37.0 Å². The third kappa shape index (κ3) is 4.48. The van der Waals surface area contributed by atoms with Crippen LogP contribution >= 0.6 is 11.3 Å². The maximum atomic E-state index is 13.6. The molecule has 0 N–H and O–H groups in total. The maximum absolute atomic E-state index is 13.6. The maximum Gasteiger partial charge on any atom is 0.169 e. The highest BCUT2D eigenvalue weighted by Crippen LogP contribution is 2.14. The van der Waals surface area contributed by atoms with E-state index in [1.54, 1.807) is 29.5 Å². The van der Waals surface area contributed by atoms with Gasteiger partial charge in [0.2, 0.25) is 0 Å². The van der Waals surface area contributed by atoms with E-state index in [4.69, 9.17) is 0 Å². The minimum atomic E-state index is -0.435. The molecule has 2 aromatic rings. The molecule has 0 aliphatic rings. The first-order chi connectivity index (χ1) is 10.1. The lowest BCUT2D eigenvalue weighted by molar-refractivity contribution is 0.0899. The van der Waals surface area contributed by atoms with Crippen LogP contribution in [0.15, 0.2) is 41.8 Å². The molecule has 0 saturated heterocycles. The SMILES string of the molecule is CC(CN(C)CCc1cccs1)C(=O)c1ccccc1F. The Hall–Kier alpha value is -1.52. The van der Waals surface area contributed by atoms with E-state index < -0.39 is 5.82 Å². The molecule has 0 radical (unpaired) electrons. The number of benzene rings is 1. The number of thiophene rings is 1. The van der Waals surface area contributed by atoms with Gasteiger partial charge in [0.25, 0.3) is 0 Å². The zero-order valence-electron chi connectivity index (χ0n) is 12.4. The first kappa shape index (κ1) is 15.9. The molecular formula is C17H20FNOS. The Balaban J connectivity index is 1.87. The summed E-state index contributed by atoms with van der Waals surface area (Å²) in [7, 11) is 2.00. The van der Waals surface area contributed by atoms with Crippen LogP contribution in [0.25, 0.3) is 0 Å². The monoisotopic (exact) mass is 305 g/mol. The third-order valence-corrected chi connectivity index (χ3v) is 4.43. The van der Waals surface area contributed by atoms with E-state index in [9.17, 15) is 9.18 Å². The second-order valence-corrected chi connectivity index (χ2v) is 6.37. The molecule has 1 unspecified atom stereocenters. The average molecular weight is 305 g/mol. The summed E-state index contributed by atoms with van der Waals surface area (Å²) in [5, 5.41) is 2.07. The number of carbonyl (C=O) groups is 1. The molecule has 0 bridgehead atoms. The van der Waals surface area contributed by atoms with Gasteiger partial charge in [-0.25, -0.2) is 4.39 Å². The Morgan fingerprint density at radius 1 is 1.29 bits per heavy atom. The zero-order chi connectivity index (χ0) is 15.2. The van der Waals surface area contributed by atoms with E-state index in [0.717, 1.165) is 13.0 Å². The number of nitrogens with zero attached hydrogens (tertiary/aromatic N) is 1. The molecule has 1 aromatic carbocycles. The summed E-state index contributed by atoms with van der Waals surface area (Å²) in [5.74, 6) is -0.776. The molecule has 1 aromatic heterocycles. The van der Waals surface area contributed by atoms with Crippen molar-refractivity contribution in [3.8, 4) is 0 Å². The van der Waals surface area contributed by atoms with E-state index in [1.165, 1.54) is 10.9 Å². The summed E-state index contributed by atoms with van der Waals surface area (Å²) >= 11 is 1.75. The fourth-order valence-electron chi connectivity index (χ4n) is 2.32. The Labute approximate surface area is 129 Å². The van der Waals surface area contributed by atoms with Gasteiger partial charge in [-0.3, -0.25) is 4.79 Å². The number of ketones is 1. The molecule has 0 amide bonds. The molecule has 1 atom stereocenters. The van der Waals surface area contributed by atoms with E-state index in [0.29, 0.717) is 6.54 Å². The number of hydrogen-bond acceptors (Lipinski definition) is 3. The van der Waals surface area contributed by atoms with Gasteiger partial charge in [-0.2, -0.15) is 0 Å². The molecule has 0 saturated carbocycles. The highest BCUT2D eigenvalue weighted by Gasteiger charge is 2.19. The van der Waals surface area contributed by atoms with Crippen LogP contribution in [0.2, 0.25) is 0 Å². The lowest BCUT2D eigenvalue weighted by Gasteiger charge is -2.20. The Morgan fingerprint density at radius 3 is 2.71 bits per heavy atom. The largest absolute Gasteiger partial charge is 0.305 e. The average Bonchev–Trinajstić information content (AvgIpc) is 2.98. The van der Waals surface area contributed by atoms with E-state index in [-0.39, 0.29) is 17.3 Å². The predicted molar refractivity (Wildman–Crippen MR) is 85.4 cm³/mol. The quantitative estimate of drug-likeness (QED) is 0.724. The second kappa shape index (κ2) is 7.48.